The third-order valence-corrected chi connectivity index (χ3v) is 4.92. The van der Waals surface area contributed by atoms with Gasteiger partial charge in [0, 0.05) is 17.3 Å². The lowest BCUT2D eigenvalue weighted by Crippen LogP contribution is -2.51. The second kappa shape index (κ2) is 9.15. The molecule has 0 saturated carbocycles. The van der Waals surface area contributed by atoms with Crippen LogP contribution in [0.25, 0.3) is 23.0 Å². The Morgan fingerprint density at radius 3 is 2.31 bits per heavy atom. The van der Waals surface area contributed by atoms with Crippen LogP contribution >= 0.6 is 12.2 Å². The SMILES string of the molecule is CC(C)COc1ccc(-c2nn(-c3ccccc3)cc2C=C2C(=O)NC(=S)NC2=O)cc1. The van der Waals surface area contributed by atoms with Crippen molar-refractivity contribution in [2.75, 3.05) is 6.61 Å². The van der Waals surface area contributed by atoms with Gasteiger partial charge in [-0.2, -0.15) is 5.10 Å². The van der Waals surface area contributed by atoms with Crippen molar-refractivity contribution < 1.29 is 14.3 Å². The molecule has 2 N–H and O–H groups in total. The molecule has 2 aromatic carbocycles. The molecule has 162 valence electrons. The first-order chi connectivity index (χ1) is 15.4. The average molecular weight is 447 g/mol. The molecule has 0 unspecified atom stereocenters. The number of hydrogen-bond donors (Lipinski definition) is 2. The average Bonchev–Trinajstić information content (AvgIpc) is 3.20. The van der Waals surface area contributed by atoms with E-state index >= 15 is 0 Å². The predicted octanol–water partition coefficient (Wildman–Crippen LogP) is 3.49. The number of thiocarbonyl (C=S) groups is 1. The van der Waals surface area contributed by atoms with Gasteiger partial charge >= 0.3 is 0 Å². The number of hydrogen-bond acceptors (Lipinski definition) is 5. The maximum atomic E-state index is 12.3. The zero-order valence-corrected chi connectivity index (χ0v) is 18.5. The molecule has 1 aromatic heterocycles. The van der Waals surface area contributed by atoms with Gasteiger partial charge in [0.2, 0.25) is 0 Å². The summed E-state index contributed by atoms with van der Waals surface area (Å²) in [6, 6.07) is 17.2. The molecule has 0 radical (unpaired) electrons. The van der Waals surface area contributed by atoms with Crippen molar-refractivity contribution in [3.8, 4) is 22.7 Å². The van der Waals surface area contributed by atoms with Crippen LogP contribution in [0.4, 0.5) is 0 Å². The summed E-state index contributed by atoms with van der Waals surface area (Å²) in [5, 5.41) is 9.64. The van der Waals surface area contributed by atoms with Crippen molar-refractivity contribution in [1.29, 1.82) is 0 Å². The largest absolute Gasteiger partial charge is 0.493 e. The highest BCUT2D eigenvalue weighted by Gasteiger charge is 2.26. The highest BCUT2D eigenvalue weighted by atomic mass is 32.1. The number of ether oxygens (including phenoxy) is 1. The van der Waals surface area contributed by atoms with Crippen molar-refractivity contribution in [3.63, 3.8) is 0 Å². The van der Waals surface area contributed by atoms with Crippen LogP contribution in [0.3, 0.4) is 0 Å². The van der Waals surface area contributed by atoms with Gasteiger partial charge in [-0.25, -0.2) is 4.68 Å². The normalized spacial score (nSPS) is 13.7. The van der Waals surface area contributed by atoms with Crippen LogP contribution in [-0.4, -0.2) is 33.3 Å². The molecule has 0 bridgehead atoms. The van der Waals surface area contributed by atoms with Crippen molar-refractivity contribution in [3.05, 3.63) is 71.9 Å². The van der Waals surface area contributed by atoms with Gasteiger partial charge in [0.15, 0.2) is 5.11 Å². The molecule has 0 atom stereocenters. The molecule has 1 saturated heterocycles. The Labute approximate surface area is 191 Å². The molecule has 2 heterocycles. The number of nitrogens with one attached hydrogen (secondary N) is 2. The monoisotopic (exact) mass is 446 g/mol. The molecule has 32 heavy (non-hydrogen) atoms. The number of amides is 2. The van der Waals surface area contributed by atoms with Crippen molar-refractivity contribution in [2.45, 2.75) is 13.8 Å². The van der Waals surface area contributed by atoms with Crippen LogP contribution in [0.2, 0.25) is 0 Å². The van der Waals surface area contributed by atoms with E-state index in [0.29, 0.717) is 23.8 Å². The van der Waals surface area contributed by atoms with Gasteiger partial charge in [0.1, 0.15) is 11.3 Å². The summed E-state index contributed by atoms with van der Waals surface area (Å²) in [5.41, 5.74) is 2.90. The van der Waals surface area contributed by atoms with Crippen LogP contribution in [0.15, 0.2) is 66.4 Å². The first-order valence-electron chi connectivity index (χ1n) is 10.2. The lowest BCUT2D eigenvalue weighted by atomic mass is 10.0. The van der Waals surface area contributed by atoms with E-state index in [0.717, 1.165) is 17.0 Å². The van der Waals surface area contributed by atoms with E-state index in [-0.39, 0.29) is 10.7 Å². The highest BCUT2D eigenvalue weighted by Crippen LogP contribution is 2.28. The molecule has 3 aromatic rings. The Kier molecular flexibility index (Phi) is 6.13. The van der Waals surface area contributed by atoms with Crippen LogP contribution in [0.1, 0.15) is 19.4 Å². The standard InChI is InChI=1S/C24H22N4O3S/c1-15(2)14-31-19-10-8-16(9-11-19)21-17(12-20-22(29)25-24(32)26-23(20)30)13-28(27-21)18-6-4-3-5-7-18/h3-13,15H,14H2,1-2H3,(H2,25,26,29,30,32). The van der Waals surface area contributed by atoms with Crippen LogP contribution < -0.4 is 15.4 Å². The lowest BCUT2D eigenvalue weighted by molar-refractivity contribution is -0.123. The summed E-state index contributed by atoms with van der Waals surface area (Å²) < 4.78 is 7.48. The van der Waals surface area contributed by atoms with E-state index in [4.69, 9.17) is 22.1 Å². The van der Waals surface area contributed by atoms with Gasteiger partial charge in [-0.1, -0.05) is 32.0 Å². The first-order valence-corrected chi connectivity index (χ1v) is 10.6. The molecule has 2 amide bonds. The Morgan fingerprint density at radius 2 is 1.69 bits per heavy atom. The van der Waals surface area contributed by atoms with Crippen molar-refractivity contribution in [1.82, 2.24) is 20.4 Å². The summed E-state index contributed by atoms with van der Waals surface area (Å²) in [4.78, 5) is 24.7. The second-order valence-corrected chi connectivity index (χ2v) is 8.15. The van der Waals surface area contributed by atoms with Gasteiger partial charge in [-0.3, -0.25) is 20.2 Å². The predicted molar refractivity (Wildman–Crippen MR) is 126 cm³/mol. The molecule has 0 spiro atoms. The Balaban J connectivity index is 1.75. The second-order valence-electron chi connectivity index (χ2n) is 7.74. The number of nitrogens with zero attached hydrogens (tertiary/aromatic N) is 2. The maximum absolute atomic E-state index is 12.3. The van der Waals surface area contributed by atoms with E-state index in [2.05, 4.69) is 24.5 Å². The smallest absolute Gasteiger partial charge is 0.263 e. The zero-order chi connectivity index (χ0) is 22.7. The molecular formula is C24H22N4O3S. The number of aromatic nitrogens is 2. The van der Waals surface area contributed by atoms with Crippen molar-refractivity contribution in [2.24, 2.45) is 5.92 Å². The lowest BCUT2D eigenvalue weighted by Gasteiger charge is -2.16. The number of rotatable bonds is 6. The third kappa shape index (κ3) is 4.76. The number of benzene rings is 2. The molecule has 1 aliphatic heterocycles. The van der Waals surface area contributed by atoms with Crippen LogP contribution in [0, 0.1) is 5.92 Å². The fraction of sp³-hybridized carbons (Fsp3) is 0.167. The van der Waals surface area contributed by atoms with Gasteiger partial charge in [-0.05, 0) is 60.6 Å². The number of carbonyl (C=O) groups excluding carboxylic acids is 2. The zero-order valence-electron chi connectivity index (χ0n) is 17.7. The maximum Gasteiger partial charge on any atom is 0.263 e. The minimum Gasteiger partial charge on any atom is -0.493 e. The summed E-state index contributed by atoms with van der Waals surface area (Å²) >= 11 is 4.88. The highest BCUT2D eigenvalue weighted by molar-refractivity contribution is 7.80. The molecule has 7 nitrogen and oxygen atoms in total. The van der Waals surface area contributed by atoms with Gasteiger partial charge in [-0.15, -0.1) is 0 Å². The molecule has 8 heteroatoms. The van der Waals surface area contributed by atoms with Crippen molar-refractivity contribution >= 4 is 35.2 Å². The van der Waals surface area contributed by atoms with Crippen LogP contribution in [0.5, 0.6) is 5.75 Å². The molecule has 1 aliphatic rings. The summed E-state index contributed by atoms with van der Waals surface area (Å²) in [6.45, 7) is 4.81. The quantitative estimate of drug-likeness (QED) is 0.344. The molecule has 1 fully saturated rings. The van der Waals surface area contributed by atoms with E-state index in [9.17, 15) is 9.59 Å². The summed E-state index contributed by atoms with van der Waals surface area (Å²) in [5.74, 6) is 0.101. The molecule has 0 aliphatic carbocycles. The van der Waals surface area contributed by atoms with Gasteiger partial charge in [0.05, 0.1) is 18.0 Å². The minimum atomic E-state index is -0.547. The van der Waals surface area contributed by atoms with Crippen LogP contribution in [-0.2, 0) is 9.59 Å². The summed E-state index contributed by atoms with van der Waals surface area (Å²) in [7, 11) is 0. The summed E-state index contributed by atoms with van der Waals surface area (Å²) in [6.07, 6.45) is 3.31. The number of para-hydroxylation sites is 1. The molecule has 4 rings (SSSR count). The Hall–Kier alpha value is -3.78. The molecular weight excluding hydrogens is 424 g/mol. The van der Waals surface area contributed by atoms with Gasteiger partial charge < -0.3 is 4.74 Å². The van der Waals surface area contributed by atoms with E-state index in [1.165, 1.54) is 6.08 Å². The van der Waals surface area contributed by atoms with Gasteiger partial charge in [0.25, 0.3) is 11.8 Å². The third-order valence-electron chi connectivity index (χ3n) is 4.72. The fourth-order valence-corrected chi connectivity index (χ4v) is 3.35. The Morgan fingerprint density at radius 1 is 1.03 bits per heavy atom. The Bertz CT molecular complexity index is 1180. The van der Waals surface area contributed by atoms with E-state index in [1.807, 2.05) is 54.6 Å². The fourth-order valence-electron chi connectivity index (χ4n) is 3.16. The van der Waals surface area contributed by atoms with E-state index in [1.54, 1.807) is 10.9 Å². The number of carbonyl (C=O) groups is 2. The topological polar surface area (TPSA) is 85.2 Å². The van der Waals surface area contributed by atoms with E-state index < -0.39 is 11.8 Å². The minimum absolute atomic E-state index is 0.00524. The first kappa shape index (κ1) is 21.5.